The molecule has 0 spiro atoms. The van der Waals surface area contributed by atoms with Crippen LogP contribution in [0.4, 0.5) is 0 Å². The van der Waals surface area contributed by atoms with E-state index in [2.05, 4.69) is 11.9 Å². The third-order valence-corrected chi connectivity index (χ3v) is 2.28. The fourth-order valence-electron chi connectivity index (χ4n) is 1.29. The molecule has 6 nitrogen and oxygen atoms in total. The lowest BCUT2D eigenvalue weighted by Gasteiger charge is -2.16. The van der Waals surface area contributed by atoms with Gasteiger partial charge in [-0.15, -0.1) is 0 Å². The topological polar surface area (TPSA) is 113 Å². The van der Waals surface area contributed by atoms with E-state index in [1.165, 1.54) is 19.1 Å². The summed E-state index contributed by atoms with van der Waals surface area (Å²) in [6, 6.07) is 2.64. The molecule has 6 heteroatoms. The molecule has 0 saturated carbocycles. The Labute approximate surface area is 104 Å². The van der Waals surface area contributed by atoms with Crippen molar-refractivity contribution in [3.05, 3.63) is 35.9 Å². The number of carbonyl (C=O) groups is 2. The minimum atomic E-state index is -1.10. The highest BCUT2D eigenvalue weighted by Gasteiger charge is 2.21. The van der Waals surface area contributed by atoms with E-state index in [4.69, 9.17) is 10.8 Å². The minimum absolute atomic E-state index is 0.226. The molecule has 0 heterocycles. The predicted molar refractivity (Wildman–Crippen MR) is 64.7 cm³/mol. The number of phenolic OH excluding ortho intramolecular Hbond substituents is 2. The number of carbonyl (C=O) groups excluding carboxylic acids is 2. The van der Waals surface area contributed by atoms with Crippen molar-refractivity contribution in [2.24, 2.45) is 5.73 Å². The molecular weight excluding hydrogens is 236 g/mol. The lowest BCUT2D eigenvalue weighted by molar-refractivity contribution is -0.125. The first-order valence-corrected chi connectivity index (χ1v) is 5.10. The Morgan fingerprint density at radius 1 is 1.33 bits per heavy atom. The quantitative estimate of drug-likeness (QED) is 0.455. The number of nitrogens with two attached hydrogens (primary N) is 1. The van der Waals surface area contributed by atoms with E-state index in [1.54, 1.807) is 0 Å². The van der Waals surface area contributed by atoms with Crippen LogP contribution in [0.15, 0.2) is 30.4 Å². The second kappa shape index (κ2) is 5.22. The van der Waals surface area contributed by atoms with Gasteiger partial charge in [0.15, 0.2) is 11.5 Å². The van der Waals surface area contributed by atoms with E-state index in [9.17, 15) is 14.7 Å². The van der Waals surface area contributed by atoms with Crippen LogP contribution < -0.4 is 11.1 Å². The summed E-state index contributed by atoms with van der Waals surface area (Å²) in [6.07, 6.45) is 0. The van der Waals surface area contributed by atoms with Crippen LogP contribution in [0.25, 0.3) is 0 Å². The highest BCUT2D eigenvalue weighted by atomic mass is 16.3. The molecule has 2 amide bonds. The summed E-state index contributed by atoms with van der Waals surface area (Å²) in [5.74, 6) is -2.03. The highest BCUT2D eigenvalue weighted by molar-refractivity contribution is 5.96. The largest absolute Gasteiger partial charge is 0.504 e. The maximum Gasteiger partial charge on any atom is 0.247 e. The van der Waals surface area contributed by atoms with Gasteiger partial charge in [0.2, 0.25) is 11.8 Å². The molecule has 0 aliphatic rings. The van der Waals surface area contributed by atoms with Crippen molar-refractivity contribution in [2.75, 3.05) is 0 Å². The number of aromatic hydroxyl groups is 2. The molecule has 1 rings (SSSR count). The van der Waals surface area contributed by atoms with Crippen molar-refractivity contribution < 1.29 is 19.8 Å². The molecule has 1 aromatic carbocycles. The second-order valence-electron chi connectivity index (χ2n) is 3.84. The van der Waals surface area contributed by atoms with Crippen LogP contribution >= 0.6 is 0 Å². The fraction of sp³-hybridized carbons (Fsp3) is 0.167. The molecule has 1 atom stereocenters. The van der Waals surface area contributed by atoms with E-state index >= 15 is 0 Å². The van der Waals surface area contributed by atoms with Gasteiger partial charge in [-0.2, -0.15) is 0 Å². The Morgan fingerprint density at radius 3 is 2.39 bits per heavy atom. The van der Waals surface area contributed by atoms with Crippen molar-refractivity contribution in [3.8, 4) is 11.5 Å². The van der Waals surface area contributed by atoms with Crippen LogP contribution in [0.2, 0.25) is 0 Å². The molecule has 0 bridgehead atoms. The summed E-state index contributed by atoms with van der Waals surface area (Å²) in [4.78, 5) is 22.7. The first kappa shape index (κ1) is 13.6. The van der Waals surface area contributed by atoms with Gasteiger partial charge in [0.1, 0.15) is 6.04 Å². The molecule has 96 valence electrons. The van der Waals surface area contributed by atoms with Crippen LogP contribution in [-0.4, -0.2) is 22.0 Å². The van der Waals surface area contributed by atoms with Gasteiger partial charge in [0.25, 0.3) is 0 Å². The van der Waals surface area contributed by atoms with Gasteiger partial charge in [0.05, 0.1) is 0 Å². The average Bonchev–Trinajstić information content (AvgIpc) is 2.29. The Kier molecular flexibility index (Phi) is 3.93. The van der Waals surface area contributed by atoms with Crippen LogP contribution in [0.3, 0.4) is 0 Å². The molecule has 5 N–H and O–H groups in total. The molecule has 1 unspecified atom stereocenters. The molecule has 0 aliphatic carbocycles. The van der Waals surface area contributed by atoms with Gasteiger partial charge >= 0.3 is 0 Å². The van der Waals surface area contributed by atoms with Crippen molar-refractivity contribution in [2.45, 2.75) is 13.0 Å². The van der Waals surface area contributed by atoms with Crippen molar-refractivity contribution in [3.63, 3.8) is 0 Å². The molecular formula is C12H14N2O4. The van der Waals surface area contributed by atoms with Gasteiger partial charge in [-0.05, 0) is 24.6 Å². The predicted octanol–water partition coefficient (Wildman–Crippen LogP) is 0.316. The summed E-state index contributed by atoms with van der Waals surface area (Å²) in [5.41, 5.74) is 5.67. The van der Waals surface area contributed by atoms with E-state index in [0.29, 0.717) is 0 Å². The maximum atomic E-state index is 11.5. The zero-order valence-electron chi connectivity index (χ0n) is 9.80. The SMILES string of the molecule is C=C(C)C(=O)NC(C(N)=O)c1ccc(O)c(O)c1. The zero-order chi connectivity index (χ0) is 13.9. The Balaban J connectivity index is 3.05. The Morgan fingerprint density at radius 2 is 1.94 bits per heavy atom. The third-order valence-electron chi connectivity index (χ3n) is 2.28. The van der Waals surface area contributed by atoms with Crippen LogP contribution in [0, 0.1) is 0 Å². The monoisotopic (exact) mass is 250 g/mol. The van der Waals surface area contributed by atoms with Crippen LogP contribution in [-0.2, 0) is 9.59 Å². The van der Waals surface area contributed by atoms with Gasteiger partial charge in [-0.25, -0.2) is 0 Å². The summed E-state index contributed by atoms with van der Waals surface area (Å²) >= 11 is 0. The number of hydrogen-bond donors (Lipinski definition) is 4. The molecule has 0 saturated heterocycles. The lowest BCUT2D eigenvalue weighted by atomic mass is 10.1. The molecule has 0 aromatic heterocycles. The Bertz CT molecular complexity index is 511. The first-order valence-electron chi connectivity index (χ1n) is 5.10. The second-order valence-corrected chi connectivity index (χ2v) is 3.84. The number of amides is 2. The lowest BCUT2D eigenvalue weighted by Crippen LogP contribution is -2.37. The first-order chi connectivity index (χ1) is 8.32. The average molecular weight is 250 g/mol. The van der Waals surface area contributed by atoms with Gasteiger partial charge < -0.3 is 21.3 Å². The summed E-state index contributed by atoms with van der Waals surface area (Å²) in [5, 5.41) is 20.9. The van der Waals surface area contributed by atoms with Crippen molar-refractivity contribution in [1.29, 1.82) is 0 Å². The molecule has 1 aromatic rings. The fourth-order valence-corrected chi connectivity index (χ4v) is 1.29. The number of phenols is 2. The van der Waals surface area contributed by atoms with Gasteiger partial charge in [-0.1, -0.05) is 12.6 Å². The Hall–Kier alpha value is -2.50. The van der Waals surface area contributed by atoms with Gasteiger partial charge in [-0.3, -0.25) is 9.59 Å². The van der Waals surface area contributed by atoms with Crippen molar-refractivity contribution >= 4 is 11.8 Å². The summed E-state index contributed by atoms with van der Waals surface area (Å²) in [7, 11) is 0. The number of benzene rings is 1. The number of primary amides is 1. The van der Waals surface area contributed by atoms with E-state index in [1.807, 2.05) is 0 Å². The maximum absolute atomic E-state index is 11.5. The molecule has 18 heavy (non-hydrogen) atoms. The third kappa shape index (κ3) is 3.00. The van der Waals surface area contributed by atoms with E-state index in [0.717, 1.165) is 6.07 Å². The van der Waals surface area contributed by atoms with E-state index < -0.39 is 23.6 Å². The van der Waals surface area contributed by atoms with Crippen LogP contribution in [0.5, 0.6) is 11.5 Å². The van der Waals surface area contributed by atoms with E-state index in [-0.39, 0.29) is 16.9 Å². The molecule has 0 aliphatic heterocycles. The summed E-state index contributed by atoms with van der Waals surface area (Å²) in [6.45, 7) is 4.93. The number of rotatable bonds is 4. The minimum Gasteiger partial charge on any atom is -0.504 e. The molecule has 0 radical (unpaired) electrons. The van der Waals surface area contributed by atoms with Crippen molar-refractivity contribution in [1.82, 2.24) is 5.32 Å². The number of nitrogens with one attached hydrogen (secondary N) is 1. The smallest absolute Gasteiger partial charge is 0.247 e. The van der Waals surface area contributed by atoms with Crippen LogP contribution in [0.1, 0.15) is 18.5 Å². The van der Waals surface area contributed by atoms with Gasteiger partial charge in [0, 0.05) is 5.57 Å². The molecule has 0 fully saturated rings. The normalized spacial score (nSPS) is 11.6. The number of hydrogen-bond acceptors (Lipinski definition) is 4. The summed E-state index contributed by atoms with van der Waals surface area (Å²) < 4.78 is 0. The highest BCUT2D eigenvalue weighted by Crippen LogP contribution is 2.27. The standard InChI is InChI=1S/C12H14N2O4/c1-6(2)12(18)14-10(11(13)17)7-3-4-8(15)9(16)5-7/h3-5,10,15-16H,1H2,2H3,(H2,13,17)(H,14,18). The zero-order valence-corrected chi connectivity index (χ0v) is 9.80.